The molecule has 0 aromatic heterocycles. The van der Waals surface area contributed by atoms with Crippen LogP contribution in [0.2, 0.25) is 0 Å². The van der Waals surface area contributed by atoms with Crippen LogP contribution in [-0.4, -0.2) is 7.11 Å². The molecule has 0 aliphatic heterocycles. The number of nitrogen functional groups attached to an aromatic ring is 1. The first-order chi connectivity index (χ1) is 9.10. The van der Waals surface area contributed by atoms with Crippen LogP contribution in [0, 0.1) is 12.7 Å². The van der Waals surface area contributed by atoms with Crippen LogP contribution in [0.3, 0.4) is 0 Å². The summed E-state index contributed by atoms with van der Waals surface area (Å²) >= 11 is 0. The Hall–Kier alpha value is -2.23. The zero-order valence-electron chi connectivity index (χ0n) is 10.9. The van der Waals surface area contributed by atoms with Crippen molar-refractivity contribution in [2.24, 2.45) is 0 Å². The number of aryl methyl sites for hydroxylation is 1. The lowest BCUT2D eigenvalue weighted by Gasteiger charge is -2.10. The van der Waals surface area contributed by atoms with Crippen LogP contribution < -0.4 is 15.2 Å². The first-order valence-electron chi connectivity index (χ1n) is 5.91. The first-order valence-corrected chi connectivity index (χ1v) is 5.91. The quantitative estimate of drug-likeness (QED) is 0.859. The van der Waals surface area contributed by atoms with Gasteiger partial charge in [0.25, 0.3) is 0 Å². The van der Waals surface area contributed by atoms with Gasteiger partial charge in [0.05, 0.1) is 12.8 Å². The number of nitrogens with two attached hydrogens (primary N) is 1. The van der Waals surface area contributed by atoms with Crippen molar-refractivity contribution in [1.82, 2.24) is 0 Å². The maximum Gasteiger partial charge on any atom is 0.143 e. The number of anilines is 1. The van der Waals surface area contributed by atoms with Crippen LogP contribution in [0.4, 0.5) is 10.1 Å². The summed E-state index contributed by atoms with van der Waals surface area (Å²) < 4.78 is 23.9. The number of benzene rings is 2. The van der Waals surface area contributed by atoms with E-state index in [1.54, 1.807) is 20.1 Å². The highest BCUT2D eigenvalue weighted by atomic mass is 19.1. The van der Waals surface area contributed by atoms with E-state index < -0.39 is 0 Å². The lowest BCUT2D eigenvalue weighted by atomic mass is 10.2. The van der Waals surface area contributed by atoms with Crippen molar-refractivity contribution in [1.29, 1.82) is 0 Å². The Labute approximate surface area is 111 Å². The number of rotatable bonds is 4. The summed E-state index contributed by atoms with van der Waals surface area (Å²) in [6.45, 7) is 2.05. The van der Waals surface area contributed by atoms with Gasteiger partial charge in [0.15, 0.2) is 0 Å². The molecular formula is C15H16FNO2. The highest BCUT2D eigenvalue weighted by Gasteiger charge is 2.06. The van der Waals surface area contributed by atoms with Crippen LogP contribution in [-0.2, 0) is 6.61 Å². The Kier molecular flexibility index (Phi) is 3.90. The Morgan fingerprint density at radius 2 is 1.84 bits per heavy atom. The van der Waals surface area contributed by atoms with Gasteiger partial charge in [-0.15, -0.1) is 0 Å². The Morgan fingerprint density at radius 1 is 1.16 bits per heavy atom. The minimum atomic E-state index is -0.325. The molecule has 0 atom stereocenters. The molecule has 2 aromatic carbocycles. The summed E-state index contributed by atoms with van der Waals surface area (Å²) in [5, 5.41) is 0. The second kappa shape index (κ2) is 5.61. The molecule has 0 fully saturated rings. The maximum atomic E-state index is 13.3. The van der Waals surface area contributed by atoms with Gasteiger partial charge in [-0.3, -0.25) is 0 Å². The Bertz CT molecular complexity index is 567. The van der Waals surface area contributed by atoms with Crippen molar-refractivity contribution >= 4 is 5.69 Å². The van der Waals surface area contributed by atoms with Gasteiger partial charge in [0, 0.05) is 6.07 Å². The van der Waals surface area contributed by atoms with E-state index in [-0.39, 0.29) is 5.82 Å². The van der Waals surface area contributed by atoms with Gasteiger partial charge in [-0.1, -0.05) is 12.1 Å². The second-order valence-electron chi connectivity index (χ2n) is 4.28. The molecule has 2 N–H and O–H groups in total. The SMILES string of the molecule is COc1ccc(COc2cc(C)c(F)cc2N)cc1. The second-order valence-corrected chi connectivity index (χ2v) is 4.28. The Morgan fingerprint density at radius 3 is 2.47 bits per heavy atom. The largest absolute Gasteiger partial charge is 0.497 e. The molecule has 100 valence electrons. The van der Waals surface area contributed by atoms with Gasteiger partial charge < -0.3 is 15.2 Å². The lowest BCUT2D eigenvalue weighted by Crippen LogP contribution is -2.00. The van der Waals surface area contributed by atoms with E-state index in [4.69, 9.17) is 15.2 Å². The summed E-state index contributed by atoms with van der Waals surface area (Å²) in [5.74, 6) is 0.963. The predicted octanol–water partition coefficient (Wildman–Crippen LogP) is 3.30. The van der Waals surface area contributed by atoms with Crippen molar-refractivity contribution < 1.29 is 13.9 Å². The molecular weight excluding hydrogens is 245 g/mol. The average Bonchev–Trinajstić information content (AvgIpc) is 2.42. The molecule has 0 radical (unpaired) electrons. The highest BCUT2D eigenvalue weighted by Crippen LogP contribution is 2.26. The van der Waals surface area contributed by atoms with Gasteiger partial charge in [0.1, 0.15) is 23.9 Å². The summed E-state index contributed by atoms with van der Waals surface area (Å²) in [6.07, 6.45) is 0. The number of halogens is 1. The molecule has 2 rings (SSSR count). The van der Waals surface area contributed by atoms with E-state index in [0.29, 0.717) is 23.6 Å². The number of methoxy groups -OCH3 is 1. The molecule has 0 aliphatic carbocycles. The third-order valence-electron chi connectivity index (χ3n) is 2.84. The topological polar surface area (TPSA) is 44.5 Å². The zero-order valence-corrected chi connectivity index (χ0v) is 10.9. The van der Waals surface area contributed by atoms with Crippen molar-refractivity contribution in [2.45, 2.75) is 13.5 Å². The fourth-order valence-corrected chi connectivity index (χ4v) is 1.68. The number of ether oxygens (including phenoxy) is 2. The van der Waals surface area contributed by atoms with Gasteiger partial charge in [0.2, 0.25) is 0 Å². The first kappa shape index (κ1) is 13.2. The highest BCUT2D eigenvalue weighted by molar-refractivity contribution is 5.54. The van der Waals surface area contributed by atoms with E-state index in [0.717, 1.165) is 11.3 Å². The molecule has 2 aromatic rings. The van der Waals surface area contributed by atoms with E-state index >= 15 is 0 Å². The fraction of sp³-hybridized carbons (Fsp3) is 0.200. The molecule has 0 heterocycles. The Balaban J connectivity index is 2.07. The van der Waals surface area contributed by atoms with Crippen molar-refractivity contribution in [2.75, 3.05) is 12.8 Å². The minimum absolute atomic E-state index is 0.302. The fourth-order valence-electron chi connectivity index (χ4n) is 1.68. The molecule has 0 saturated heterocycles. The van der Waals surface area contributed by atoms with Crippen LogP contribution in [0.15, 0.2) is 36.4 Å². The molecule has 0 spiro atoms. The minimum Gasteiger partial charge on any atom is -0.497 e. The monoisotopic (exact) mass is 261 g/mol. The average molecular weight is 261 g/mol. The van der Waals surface area contributed by atoms with Gasteiger partial charge in [-0.25, -0.2) is 4.39 Å². The summed E-state index contributed by atoms with van der Waals surface area (Å²) in [5.41, 5.74) is 7.52. The molecule has 0 unspecified atom stereocenters. The maximum absolute atomic E-state index is 13.3. The van der Waals surface area contributed by atoms with Crippen LogP contribution >= 0.6 is 0 Å². The molecule has 0 saturated carbocycles. The van der Waals surface area contributed by atoms with Gasteiger partial charge >= 0.3 is 0 Å². The smallest absolute Gasteiger partial charge is 0.143 e. The number of hydrogen-bond donors (Lipinski definition) is 1. The van der Waals surface area contributed by atoms with Crippen LogP contribution in [0.25, 0.3) is 0 Å². The van der Waals surface area contributed by atoms with Crippen molar-refractivity contribution in [3.8, 4) is 11.5 Å². The third-order valence-corrected chi connectivity index (χ3v) is 2.84. The summed E-state index contributed by atoms with van der Waals surface area (Å²) in [6, 6.07) is 10.4. The molecule has 4 heteroatoms. The van der Waals surface area contributed by atoms with Gasteiger partial charge in [-0.05, 0) is 36.2 Å². The summed E-state index contributed by atoms with van der Waals surface area (Å²) in [4.78, 5) is 0. The molecule has 0 bridgehead atoms. The predicted molar refractivity (Wildman–Crippen MR) is 72.9 cm³/mol. The molecule has 3 nitrogen and oxygen atoms in total. The molecule has 0 aliphatic rings. The third kappa shape index (κ3) is 3.16. The van der Waals surface area contributed by atoms with Gasteiger partial charge in [-0.2, -0.15) is 0 Å². The van der Waals surface area contributed by atoms with Crippen molar-refractivity contribution in [3.63, 3.8) is 0 Å². The van der Waals surface area contributed by atoms with E-state index in [1.807, 2.05) is 24.3 Å². The molecule has 0 amide bonds. The molecule has 19 heavy (non-hydrogen) atoms. The van der Waals surface area contributed by atoms with Crippen LogP contribution in [0.1, 0.15) is 11.1 Å². The standard InChI is InChI=1S/C15H16FNO2/c1-10-7-15(14(17)8-13(10)16)19-9-11-3-5-12(18-2)6-4-11/h3-8H,9,17H2,1-2H3. The van der Waals surface area contributed by atoms with E-state index in [2.05, 4.69) is 0 Å². The normalized spacial score (nSPS) is 10.3. The van der Waals surface area contributed by atoms with E-state index in [1.165, 1.54) is 6.07 Å². The van der Waals surface area contributed by atoms with E-state index in [9.17, 15) is 4.39 Å². The lowest BCUT2D eigenvalue weighted by molar-refractivity contribution is 0.307. The zero-order chi connectivity index (χ0) is 13.8. The van der Waals surface area contributed by atoms with Crippen molar-refractivity contribution in [3.05, 3.63) is 53.3 Å². The number of hydrogen-bond acceptors (Lipinski definition) is 3. The van der Waals surface area contributed by atoms with Crippen LogP contribution in [0.5, 0.6) is 11.5 Å². The summed E-state index contributed by atoms with van der Waals surface area (Å²) in [7, 11) is 1.62.